The van der Waals surface area contributed by atoms with Crippen LogP contribution in [0.2, 0.25) is 0 Å². The quantitative estimate of drug-likeness (QED) is 0.172. The molecule has 278 valence electrons. The van der Waals surface area contributed by atoms with Crippen molar-refractivity contribution in [3.05, 3.63) is 182 Å². The molecule has 6 heterocycles. The zero-order chi connectivity index (χ0) is 38.1. The Kier molecular flexibility index (Phi) is 8.52. The molecule has 6 heteroatoms. The van der Waals surface area contributed by atoms with E-state index in [1.807, 2.05) is 6.07 Å². The van der Waals surface area contributed by atoms with Gasteiger partial charge in [-0.3, -0.25) is 0 Å². The molecule has 9 aromatic rings. The summed E-state index contributed by atoms with van der Waals surface area (Å²) in [5.74, 6) is 2.47. The molecule has 4 aliphatic rings. The van der Waals surface area contributed by atoms with Crippen LogP contribution in [0.3, 0.4) is 0 Å². The first-order valence-corrected chi connectivity index (χ1v) is 20.6. The van der Waals surface area contributed by atoms with Crippen molar-refractivity contribution in [2.24, 2.45) is 0 Å². The van der Waals surface area contributed by atoms with Crippen molar-refractivity contribution in [1.82, 2.24) is 18.5 Å². The fraction of sp³-hybridized carbons (Fsp3) is 0.160. The second-order valence-corrected chi connectivity index (χ2v) is 16.2. The van der Waals surface area contributed by atoms with Crippen molar-refractivity contribution in [2.45, 2.75) is 53.4 Å². The van der Waals surface area contributed by atoms with Gasteiger partial charge in [-0.1, -0.05) is 42.5 Å². The van der Waals surface area contributed by atoms with Crippen LogP contribution in [0.5, 0.6) is 11.5 Å². The average Bonchev–Trinajstić information content (AvgIpc) is 3.72. The number of imidazole rings is 1. The second-order valence-electron chi connectivity index (χ2n) is 15.2. The van der Waals surface area contributed by atoms with Gasteiger partial charge in [0.15, 0.2) is 0 Å². The summed E-state index contributed by atoms with van der Waals surface area (Å²) < 4.78 is 14.9. The number of para-hydroxylation sites is 1. The van der Waals surface area contributed by atoms with Gasteiger partial charge in [-0.15, -0.1) is 0 Å². The Morgan fingerprint density at radius 2 is 1.29 bits per heavy atom. The number of ether oxygens (including phenoxy) is 1. The molecule has 0 fully saturated rings. The zero-order valence-corrected chi connectivity index (χ0v) is 34.3. The smallest absolute Gasteiger partial charge is 0.0622 e. The number of hydrogen-bond donors (Lipinski definition) is 0. The fourth-order valence-electron chi connectivity index (χ4n) is 8.92. The third-order valence-corrected chi connectivity index (χ3v) is 13.0. The van der Waals surface area contributed by atoms with Gasteiger partial charge in [0.25, 0.3) is 0 Å². The van der Waals surface area contributed by atoms with Crippen molar-refractivity contribution < 1.29 is 24.1 Å². The summed E-state index contributed by atoms with van der Waals surface area (Å²) in [4.78, 5) is 5.21. The van der Waals surface area contributed by atoms with Crippen molar-refractivity contribution in [1.29, 1.82) is 0 Å². The van der Waals surface area contributed by atoms with E-state index in [1.165, 1.54) is 66.5 Å². The predicted molar refractivity (Wildman–Crippen MR) is 224 cm³/mol. The molecule has 2 aliphatic carbocycles. The number of benzene rings is 5. The van der Waals surface area contributed by atoms with E-state index in [-0.39, 0.29) is 0 Å². The number of pyridine rings is 2. The molecular weight excluding hydrogens is 868 g/mol. The third kappa shape index (κ3) is 5.80. The van der Waals surface area contributed by atoms with Crippen LogP contribution in [-0.4, -0.2) is 18.5 Å². The molecule has 0 saturated heterocycles. The molecule has 2 aliphatic heterocycles. The molecule has 0 atom stereocenters. The number of fused-ring (bicyclic) bond motifs is 3. The molecule has 4 aromatic heterocycles. The summed E-state index contributed by atoms with van der Waals surface area (Å²) in [5, 5.41) is 2.36. The van der Waals surface area contributed by atoms with Crippen LogP contribution in [0, 0.1) is 31.5 Å². The number of aromatic nitrogens is 4. The molecule has 4 bridgehead atoms. The summed E-state index contributed by atoms with van der Waals surface area (Å²) in [6, 6.07) is 45.6. The molecule has 0 unspecified atom stereocenters. The standard InChI is InChI=1S/C50H42N4O.Pt/c1-32-27-49(51-35(4)50(32)39-11-6-5-7-12-39)54-46-16-9-8-15-44(46)45-26-25-43(29-47(45)54)55-42-14-10-13-41(28-42)52-30-48-38-20-19-36-17-18-37(34(3)33(36)2)21-23-40(24-22-38)53(48)31-52;/h5-18,22,24-30H,19-21,23H2,1-4H3;. The molecule has 0 spiro atoms. The Hall–Kier alpha value is -5.77. The van der Waals surface area contributed by atoms with Crippen LogP contribution in [0.15, 0.2) is 134 Å². The van der Waals surface area contributed by atoms with Gasteiger partial charge in [0.2, 0.25) is 0 Å². The molecular formula is C50H42N4OPt. The van der Waals surface area contributed by atoms with Gasteiger partial charge >= 0.3 is 261 Å². The van der Waals surface area contributed by atoms with Crippen LogP contribution in [0.1, 0.15) is 44.8 Å². The van der Waals surface area contributed by atoms with E-state index in [0.29, 0.717) is 0 Å². The van der Waals surface area contributed by atoms with Crippen molar-refractivity contribution in [3.63, 3.8) is 0 Å². The summed E-state index contributed by atoms with van der Waals surface area (Å²) in [6.07, 6.45) is 6.35. The Bertz CT molecular complexity index is 3050. The van der Waals surface area contributed by atoms with Gasteiger partial charge < -0.3 is 0 Å². The van der Waals surface area contributed by atoms with E-state index in [1.54, 1.807) is 0 Å². The maximum absolute atomic E-state index is 6.71. The van der Waals surface area contributed by atoms with Gasteiger partial charge in [-0.25, -0.2) is 0 Å². The summed E-state index contributed by atoms with van der Waals surface area (Å²) in [5.41, 5.74) is 17.6. The molecule has 5 nitrogen and oxygen atoms in total. The molecule has 56 heavy (non-hydrogen) atoms. The monoisotopic (exact) mass is 909 g/mol. The van der Waals surface area contributed by atoms with Gasteiger partial charge in [0.05, 0.1) is 0 Å². The number of aryl methyl sites for hydroxylation is 6. The van der Waals surface area contributed by atoms with E-state index in [9.17, 15) is 0 Å². The predicted octanol–water partition coefficient (Wildman–Crippen LogP) is 11.9. The minimum Gasteiger partial charge on any atom is -0.0622 e. The Balaban J connectivity index is 1.03. The van der Waals surface area contributed by atoms with Crippen LogP contribution >= 0.6 is 0 Å². The Morgan fingerprint density at radius 1 is 0.589 bits per heavy atom. The summed E-state index contributed by atoms with van der Waals surface area (Å²) in [6.45, 7) is 8.88. The van der Waals surface area contributed by atoms with E-state index in [2.05, 4.69) is 188 Å². The van der Waals surface area contributed by atoms with E-state index < -0.39 is 0 Å². The summed E-state index contributed by atoms with van der Waals surface area (Å²) >= 11 is 2.50. The Labute approximate surface area is 337 Å². The van der Waals surface area contributed by atoms with E-state index in [4.69, 9.17) is 9.72 Å². The van der Waals surface area contributed by atoms with Crippen molar-refractivity contribution in [3.8, 4) is 34.1 Å². The van der Waals surface area contributed by atoms with E-state index in [0.717, 1.165) is 69.2 Å². The summed E-state index contributed by atoms with van der Waals surface area (Å²) in [7, 11) is 0. The van der Waals surface area contributed by atoms with Crippen molar-refractivity contribution in [2.75, 3.05) is 0 Å². The molecule has 5 aromatic carbocycles. The van der Waals surface area contributed by atoms with Crippen LogP contribution in [0.25, 0.3) is 50.0 Å². The first kappa shape index (κ1) is 34.7. The molecule has 13 rings (SSSR count). The zero-order valence-electron chi connectivity index (χ0n) is 32.0. The van der Waals surface area contributed by atoms with Gasteiger partial charge in [0, 0.05) is 11.3 Å². The molecule has 0 radical (unpaired) electrons. The van der Waals surface area contributed by atoms with Crippen LogP contribution in [-0.2, 0) is 45.0 Å². The maximum atomic E-state index is 6.71. The van der Waals surface area contributed by atoms with Gasteiger partial charge in [-0.05, 0) is 25.0 Å². The number of nitrogens with zero attached hydrogens (tertiary/aromatic N) is 4. The fourth-order valence-corrected chi connectivity index (χ4v) is 9.96. The normalized spacial score (nSPS) is 12.8. The van der Waals surface area contributed by atoms with Crippen LogP contribution in [0.4, 0.5) is 0 Å². The third-order valence-electron chi connectivity index (χ3n) is 11.9. The first-order chi connectivity index (χ1) is 27.3. The topological polar surface area (TPSA) is 36.4 Å². The number of hydrogen-bond acceptors (Lipinski definition) is 2. The minimum atomic E-state index is 0.780. The molecule has 0 saturated carbocycles. The Morgan fingerprint density at radius 3 is 2.09 bits per heavy atom. The molecule has 0 amide bonds. The SMILES string of the molecule is Cc1cc(-n2c3ccccc3c3ccc(Oc4cccc(-n5cc6c7ccc(n6[c]5=[Pt])CCc5ccc(c(C)c5C)CC7)c4)cc32)nc(C)c1-c1ccccc1. The first-order valence-electron chi connectivity index (χ1n) is 19.5. The van der Waals surface area contributed by atoms with Gasteiger partial charge in [0.1, 0.15) is 0 Å². The second kappa shape index (κ2) is 13.8. The van der Waals surface area contributed by atoms with E-state index >= 15 is 0 Å². The van der Waals surface area contributed by atoms with Crippen LogP contribution < -0.4 is 4.74 Å². The minimum absolute atomic E-state index is 0.780. The number of rotatable bonds is 5. The van der Waals surface area contributed by atoms with Crippen molar-refractivity contribution >= 4 is 27.3 Å². The van der Waals surface area contributed by atoms with Gasteiger partial charge in [-0.2, -0.15) is 0 Å². The average molecular weight is 910 g/mol. The molecule has 0 N–H and O–H groups in total.